The van der Waals surface area contributed by atoms with Crippen LogP contribution in [0.3, 0.4) is 0 Å². The second kappa shape index (κ2) is 4.47. The largest absolute Gasteiger partial charge is 0.378 e. The molecule has 0 radical (unpaired) electrons. The van der Waals surface area contributed by atoms with Crippen molar-refractivity contribution in [3.8, 4) is 0 Å². The number of anilines is 1. The van der Waals surface area contributed by atoms with Gasteiger partial charge in [0, 0.05) is 24.9 Å². The van der Waals surface area contributed by atoms with Crippen molar-refractivity contribution in [2.24, 2.45) is 0 Å². The summed E-state index contributed by atoms with van der Waals surface area (Å²) in [5, 5.41) is 7.93. The Morgan fingerprint density at radius 2 is 2.41 bits per heavy atom. The highest BCUT2D eigenvalue weighted by Crippen LogP contribution is 2.39. The Balaban J connectivity index is 1.64. The van der Waals surface area contributed by atoms with Gasteiger partial charge in [0.05, 0.1) is 12.2 Å². The number of hydrogen-bond acceptors (Lipinski definition) is 6. The predicted octanol–water partition coefficient (Wildman–Crippen LogP) is 0.817. The number of ether oxygens (including phenoxy) is 2. The average molecular weight is 256 g/mol. The minimum atomic E-state index is -0.0578. The number of aromatic nitrogens is 3. The maximum atomic E-state index is 5.89. The van der Waals surface area contributed by atoms with E-state index in [1.165, 1.54) is 0 Å². The molecule has 1 aromatic rings. The van der Waals surface area contributed by atoms with E-state index < -0.39 is 0 Å². The lowest BCUT2D eigenvalue weighted by molar-refractivity contribution is -0.0769. The van der Waals surface area contributed by atoms with Crippen molar-refractivity contribution in [3.63, 3.8) is 0 Å². The van der Waals surface area contributed by atoms with Crippen molar-refractivity contribution in [3.05, 3.63) is 0 Å². The number of nitrogen functional groups attached to an aromatic ring is 1. The molecule has 3 rings (SSSR count). The number of rotatable bonds is 2. The van der Waals surface area contributed by atoms with Gasteiger partial charge in [0.1, 0.15) is 0 Å². The molecule has 0 amide bonds. The van der Waals surface area contributed by atoms with Crippen LogP contribution in [0.25, 0.3) is 0 Å². The molecule has 0 bridgehead atoms. The Morgan fingerprint density at radius 1 is 1.47 bits per heavy atom. The first-order valence-corrected chi connectivity index (χ1v) is 6.70. The van der Waals surface area contributed by atoms with Crippen LogP contribution in [-0.4, -0.2) is 45.9 Å². The van der Waals surface area contributed by atoms with Crippen molar-refractivity contribution < 1.29 is 9.47 Å². The molecule has 2 saturated heterocycles. The summed E-state index contributed by atoms with van der Waals surface area (Å²) in [6.07, 6.45) is 3.03. The van der Waals surface area contributed by atoms with Crippen molar-refractivity contribution in [2.45, 2.75) is 35.3 Å². The van der Waals surface area contributed by atoms with E-state index >= 15 is 0 Å². The van der Waals surface area contributed by atoms with Crippen LogP contribution in [0.2, 0.25) is 0 Å². The first kappa shape index (κ1) is 11.3. The molecule has 94 valence electrons. The van der Waals surface area contributed by atoms with Gasteiger partial charge in [-0.2, -0.15) is 4.98 Å². The van der Waals surface area contributed by atoms with Crippen molar-refractivity contribution in [1.29, 1.82) is 0 Å². The van der Waals surface area contributed by atoms with Gasteiger partial charge in [-0.1, -0.05) is 11.8 Å². The number of hydrogen-bond donors (Lipinski definition) is 2. The van der Waals surface area contributed by atoms with Crippen LogP contribution in [0, 0.1) is 0 Å². The topological polar surface area (TPSA) is 86.1 Å². The standard InChI is InChI=1S/C10H16N4O2S/c11-8-12-9(14-13-8)17-7-1-3-16-10(5-7)2-4-15-6-10/h7H,1-6H2,(H3,11,12,13,14). The highest BCUT2D eigenvalue weighted by atomic mass is 32.2. The van der Waals surface area contributed by atoms with Crippen LogP contribution < -0.4 is 5.73 Å². The zero-order valence-electron chi connectivity index (χ0n) is 9.52. The molecular weight excluding hydrogens is 240 g/mol. The fourth-order valence-corrected chi connectivity index (χ4v) is 3.56. The molecule has 3 heterocycles. The SMILES string of the molecule is Nc1nc(SC2CCOC3(CCOC3)C2)n[nH]1. The lowest BCUT2D eigenvalue weighted by atomic mass is 9.93. The van der Waals surface area contributed by atoms with E-state index in [4.69, 9.17) is 15.2 Å². The zero-order valence-corrected chi connectivity index (χ0v) is 10.3. The van der Waals surface area contributed by atoms with E-state index in [2.05, 4.69) is 15.2 Å². The third-order valence-electron chi connectivity index (χ3n) is 3.27. The molecule has 3 N–H and O–H groups in total. The molecule has 2 fully saturated rings. The third kappa shape index (κ3) is 2.41. The van der Waals surface area contributed by atoms with Crippen LogP contribution >= 0.6 is 11.8 Å². The number of aromatic amines is 1. The molecule has 0 aliphatic carbocycles. The number of nitrogens with two attached hydrogens (primary N) is 1. The molecule has 1 aromatic heterocycles. The Labute approximate surface area is 104 Å². The molecule has 2 aliphatic rings. The van der Waals surface area contributed by atoms with Gasteiger partial charge in [0.2, 0.25) is 11.1 Å². The minimum Gasteiger partial charge on any atom is -0.378 e. The number of nitrogens with one attached hydrogen (secondary N) is 1. The summed E-state index contributed by atoms with van der Waals surface area (Å²) < 4.78 is 11.3. The quantitative estimate of drug-likeness (QED) is 0.814. The van der Waals surface area contributed by atoms with Crippen LogP contribution in [0.15, 0.2) is 5.16 Å². The van der Waals surface area contributed by atoms with Gasteiger partial charge in [-0.25, -0.2) is 5.10 Å². The van der Waals surface area contributed by atoms with Crippen LogP contribution in [0.5, 0.6) is 0 Å². The number of nitrogens with zero attached hydrogens (tertiary/aromatic N) is 2. The highest BCUT2D eigenvalue weighted by Gasteiger charge is 2.41. The summed E-state index contributed by atoms with van der Waals surface area (Å²) in [6.45, 7) is 2.33. The molecule has 0 saturated carbocycles. The smallest absolute Gasteiger partial charge is 0.216 e. The zero-order chi connectivity index (χ0) is 11.7. The van der Waals surface area contributed by atoms with Gasteiger partial charge in [-0.3, -0.25) is 0 Å². The van der Waals surface area contributed by atoms with Gasteiger partial charge in [0.15, 0.2) is 0 Å². The number of thioether (sulfide) groups is 1. The van der Waals surface area contributed by atoms with E-state index in [0.29, 0.717) is 11.2 Å². The number of H-pyrrole nitrogens is 1. The fourth-order valence-electron chi connectivity index (χ4n) is 2.41. The van der Waals surface area contributed by atoms with Gasteiger partial charge >= 0.3 is 0 Å². The molecule has 7 heteroatoms. The second-order valence-corrected chi connectivity index (χ2v) is 5.84. The molecule has 2 atom stereocenters. The van der Waals surface area contributed by atoms with E-state index in [1.807, 2.05) is 0 Å². The Morgan fingerprint density at radius 3 is 3.12 bits per heavy atom. The lowest BCUT2D eigenvalue weighted by Crippen LogP contribution is -2.41. The summed E-state index contributed by atoms with van der Waals surface area (Å²) in [5.41, 5.74) is 5.45. The molecular formula is C10H16N4O2S. The van der Waals surface area contributed by atoms with E-state index in [-0.39, 0.29) is 5.60 Å². The monoisotopic (exact) mass is 256 g/mol. The van der Waals surface area contributed by atoms with Crippen molar-refractivity contribution in [2.75, 3.05) is 25.6 Å². The van der Waals surface area contributed by atoms with Crippen molar-refractivity contribution >= 4 is 17.7 Å². The van der Waals surface area contributed by atoms with Gasteiger partial charge in [-0.05, 0) is 12.8 Å². The summed E-state index contributed by atoms with van der Waals surface area (Å²) in [4.78, 5) is 4.12. The Bertz CT molecular complexity index is 391. The van der Waals surface area contributed by atoms with E-state index in [1.54, 1.807) is 11.8 Å². The summed E-state index contributed by atoms with van der Waals surface area (Å²) in [5.74, 6) is 0.374. The molecule has 2 unspecified atom stereocenters. The van der Waals surface area contributed by atoms with Crippen molar-refractivity contribution in [1.82, 2.24) is 15.2 Å². The fraction of sp³-hybridized carbons (Fsp3) is 0.800. The Hall–Kier alpha value is -0.790. The van der Waals surface area contributed by atoms with Crippen LogP contribution in [-0.2, 0) is 9.47 Å². The summed E-state index contributed by atoms with van der Waals surface area (Å²) in [6, 6.07) is 0. The molecule has 2 aliphatic heterocycles. The lowest BCUT2D eigenvalue weighted by Gasteiger charge is -2.36. The summed E-state index contributed by atoms with van der Waals surface area (Å²) in [7, 11) is 0. The van der Waals surface area contributed by atoms with Gasteiger partial charge in [0.25, 0.3) is 0 Å². The Kier molecular flexibility index (Phi) is 2.97. The normalized spacial score (nSPS) is 33.3. The first-order chi connectivity index (χ1) is 8.26. The molecule has 1 spiro atoms. The summed E-state index contributed by atoms with van der Waals surface area (Å²) >= 11 is 1.68. The second-order valence-electron chi connectivity index (χ2n) is 4.57. The maximum Gasteiger partial charge on any atom is 0.216 e. The molecule has 0 aromatic carbocycles. The average Bonchev–Trinajstić information content (AvgIpc) is 2.89. The minimum absolute atomic E-state index is 0.0578. The molecule has 17 heavy (non-hydrogen) atoms. The van der Waals surface area contributed by atoms with Crippen LogP contribution in [0.4, 0.5) is 5.95 Å². The highest BCUT2D eigenvalue weighted by molar-refractivity contribution is 7.99. The van der Waals surface area contributed by atoms with Gasteiger partial charge < -0.3 is 15.2 Å². The molecule has 6 nitrogen and oxygen atoms in total. The van der Waals surface area contributed by atoms with E-state index in [9.17, 15) is 0 Å². The first-order valence-electron chi connectivity index (χ1n) is 5.82. The third-order valence-corrected chi connectivity index (χ3v) is 4.40. The van der Waals surface area contributed by atoms with Gasteiger partial charge in [-0.15, -0.1) is 5.10 Å². The maximum absolute atomic E-state index is 5.89. The van der Waals surface area contributed by atoms with E-state index in [0.717, 1.165) is 44.2 Å². The predicted molar refractivity (Wildman–Crippen MR) is 63.8 cm³/mol. The van der Waals surface area contributed by atoms with Crippen LogP contribution in [0.1, 0.15) is 19.3 Å².